The van der Waals surface area contributed by atoms with E-state index in [-0.39, 0.29) is 11.6 Å². The number of fused-ring (bicyclic) bond motifs is 1. The summed E-state index contributed by atoms with van der Waals surface area (Å²) in [5, 5.41) is 3.67. The van der Waals surface area contributed by atoms with Crippen LogP contribution in [-0.2, 0) is 6.42 Å². The summed E-state index contributed by atoms with van der Waals surface area (Å²) in [5.41, 5.74) is 1.83. The molecular weight excluding hydrogens is 234 g/mol. The molecule has 0 aromatic heterocycles. The minimum Gasteiger partial charge on any atom is -0.488 e. The van der Waals surface area contributed by atoms with Gasteiger partial charge in [0.05, 0.1) is 0 Å². The van der Waals surface area contributed by atoms with E-state index in [1.54, 1.807) is 0 Å². The minimum atomic E-state index is 0.149. The molecule has 1 atom stereocenters. The van der Waals surface area contributed by atoms with Crippen LogP contribution in [0, 0.1) is 5.41 Å². The summed E-state index contributed by atoms with van der Waals surface area (Å²) in [6.45, 7) is 12.3. The molecule has 1 aliphatic rings. The lowest BCUT2D eigenvalue weighted by Gasteiger charge is -2.34. The topological polar surface area (TPSA) is 21.3 Å². The molecule has 2 nitrogen and oxygen atoms in total. The van der Waals surface area contributed by atoms with Crippen LogP contribution in [-0.4, -0.2) is 18.2 Å². The summed E-state index contributed by atoms with van der Waals surface area (Å²) in [6, 6.07) is 8.35. The highest BCUT2D eigenvalue weighted by Crippen LogP contribution is 2.29. The number of hydrogen-bond donors (Lipinski definition) is 1. The quantitative estimate of drug-likeness (QED) is 0.890. The van der Waals surface area contributed by atoms with Crippen molar-refractivity contribution < 1.29 is 4.74 Å². The summed E-state index contributed by atoms with van der Waals surface area (Å²) in [5.74, 6) is 1.06. The van der Waals surface area contributed by atoms with Gasteiger partial charge in [0.2, 0.25) is 0 Å². The summed E-state index contributed by atoms with van der Waals surface area (Å²) in [7, 11) is 0. The predicted octanol–water partition coefficient (Wildman–Crippen LogP) is 3.79. The second-order valence-electron chi connectivity index (χ2n) is 7.55. The standard InChI is InChI=1S/C17H27NO/c1-16(2,3)12-17(4,5)18-11-14-10-13-8-6-7-9-15(13)19-14/h6-9,14,18H,10-12H2,1-5H3. The van der Waals surface area contributed by atoms with E-state index in [2.05, 4.69) is 58.1 Å². The third-order valence-corrected chi connectivity index (χ3v) is 3.49. The zero-order valence-electron chi connectivity index (χ0n) is 12.9. The van der Waals surface area contributed by atoms with Gasteiger partial charge in [-0.3, -0.25) is 0 Å². The van der Waals surface area contributed by atoms with Gasteiger partial charge in [0, 0.05) is 18.5 Å². The van der Waals surface area contributed by atoms with Crippen molar-refractivity contribution in [3.63, 3.8) is 0 Å². The van der Waals surface area contributed by atoms with Gasteiger partial charge < -0.3 is 10.1 Å². The Labute approximate surface area is 117 Å². The summed E-state index contributed by atoms with van der Waals surface area (Å²) >= 11 is 0. The number of ether oxygens (including phenoxy) is 1. The Balaban J connectivity index is 1.85. The van der Waals surface area contributed by atoms with Crippen LogP contribution >= 0.6 is 0 Å². The van der Waals surface area contributed by atoms with Crippen LogP contribution < -0.4 is 10.1 Å². The van der Waals surface area contributed by atoms with E-state index in [4.69, 9.17) is 4.74 Å². The zero-order valence-corrected chi connectivity index (χ0v) is 12.9. The van der Waals surface area contributed by atoms with Crippen LogP contribution in [0.15, 0.2) is 24.3 Å². The van der Waals surface area contributed by atoms with E-state index in [1.165, 1.54) is 5.56 Å². The van der Waals surface area contributed by atoms with Crippen molar-refractivity contribution in [2.75, 3.05) is 6.54 Å². The molecule has 0 radical (unpaired) electrons. The smallest absolute Gasteiger partial charge is 0.123 e. The maximum Gasteiger partial charge on any atom is 0.123 e. The molecule has 106 valence electrons. The van der Waals surface area contributed by atoms with Crippen LogP contribution in [0.5, 0.6) is 5.75 Å². The Morgan fingerprint density at radius 3 is 2.47 bits per heavy atom. The third-order valence-electron chi connectivity index (χ3n) is 3.49. The molecule has 0 amide bonds. The van der Waals surface area contributed by atoms with E-state index >= 15 is 0 Å². The molecule has 0 bridgehead atoms. The highest BCUT2D eigenvalue weighted by Gasteiger charge is 2.28. The average Bonchev–Trinajstić information content (AvgIpc) is 2.66. The highest BCUT2D eigenvalue weighted by atomic mass is 16.5. The maximum atomic E-state index is 5.97. The van der Waals surface area contributed by atoms with Gasteiger partial charge in [0.1, 0.15) is 11.9 Å². The van der Waals surface area contributed by atoms with Gasteiger partial charge in [-0.1, -0.05) is 39.0 Å². The molecule has 0 saturated heterocycles. The van der Waals surface area contributed by atoms with Crippen LogP contribution in [0.2, 0.25) is 0 Å². The van der Waals surface area contributed by atoms with Gasteiger partial charge in [-0.25, -0.2) is 0 Å². The Bertz CT molecular complexity index is 406. The van der Waals surface area contributed by atoms with Crippen molar-refractivity contribution in [1.29, 1.82) is 0 Å². The predicted molar refractivity (Wildman–Crippen MR) is 80.7 cm³/mol. The van der Waals surface area contributed by atoms with Crippen LogP contribution in [0.25, 0.3) is 0 Å². The Kier molecular flexibility index (Phi) is 3.91. The molecule has 0 saturated carbocycles. The van der Waals surface area contributed by atoms with Crippen LogP contribution in [0.4, 0.5) is 0 Å². The Morgan fingerprint density at radius 2 is 1.84 bits per heavy atom. The third kappa shape index (κ3) is 4.24. The molecule has 2 heteroatoms. The molecule has 0 spiro atoms. The molecule has 2 rings (SSSR count). The summed E-state index contributed by atoms with van der Waals surface area (Å²) in [4.78, 5) is 0. The molecule has 1 aromatic carbocycles. The first kappa shape index (κ1) is 14.4. The number of benzene rings is 1. The van der Waals surface area contributed by atoms with Crippen molar-refractivity contribution in [3.05, 3.63) is 29.8 Å². The van der Waals surface area contributed by atoms with Crippen LogP contribution in [0.1, 0.15) is 46.6 Å². The fourth-order valence-corrected chi connectivity index (χ4v) is 3.15. The van der Waals surface area contributed by atoms with E-state index in [0.29, 0.717) is 5.41 Å². The van der Waals surface area contributed by atoms with Crippen molar-refractivity contribution in [2.45, 2.75) is 59.1 Å². The van der Waals surface area contributed by atoms with Crippen molar-refractivity contribution in [3.8, 4) is 5.75 Å². The summed E-state index contributed by atoms with van der Waals surface area (Å²) < 4.78 is 5.97. The fourth-order valence-electron chi connectivity index (χ4n) is 3.15. The Hall–Kier alpha value is -1.02. The second kappa shape index (κ2) is 5.16. The molecule has 1 aromatic rings. The molecule has 0 fully saturated rings. The SMILES string of the molecule is CC(C)(C)CC(C)(C)NCC1Cc2ccccc2O1. The number of para-hydroxylation sites is 1. The van der Waals surface area contributed by atoms with Crippen molar-refractivity contribution >= 4 is 0 Å². The number of hydrogen-bond acceptors (Lipinski definition) is 2. The Morgan fingerprint density at radius 1 is 1.16 bits per heavy atom. The van der Waals surface area contributed by atoms with Gasteiger partial charge in [0.15, 0.2) is 0 Å². The normalized spacial score (nSPS) is 19.1. The molecule has 1 aliphatic heterocycles. The molecule has 19 heavy (non-hydrogen) atoms. The van der Waals surface area contributed by atoms with Gasteiger partial charge in [-0.2, -0.15) is 0 Å². The fraction of sp³-hybridized carbons (Fsp3) is 0.647. The van der Waals surface area contributed by atoms with Gasteiger partial charge in [-0.05, 0) is 37.3 Å². The van der Waals surface area contributed by atoms with E-state index in [1.807, 2.05) is 6.07 Å². The molecule has 1 N–H and O–H groups in total. The minimum absolute atomic E-state index is 0.149. The largest absolute Gasteiger partial charge is 0.488 e. The second-order valence-corrected chi connectivity index (χ2v) is 7.55. The van der Waals surface area contributed by atoms with Crippen molar-refractivity contribution in [1.82, 2.24) is 5.32 Å². The monoisotopic (exact) mass is 261 g/mol. The highest BCUT2D eigenvalue weighted by molar-refractivity contribution is 5.37. The average molecular weight is 261 g/mol. The number of rotatable bonds is 4. The zero-order chi connectivity index (χ0) is 14.1. The lowest BCUT2D eigenvalue weighted by molar-refractivity contribution is 0.184. The van der Waals surface area contributed by atoms with Gasteiger partial charge in [-0.15, -0.1) is 0 Å². The molecule has 0 aliphatic carbocycles. The molecular formula is C17H27NO. The van der Waals surface area contributed by atoms with E-state index < -0.39 is 0 Å². The lowest BCUT2D eigenvalue weighted by Crippen LogP contribution is -2.46. The first-order chi connectivity index (χ1) is 8.75. The van der Waals surface area contributed by atoms with Crippen LogP contribution in [0.3, 0.4) is 0 Å². The van der Waals surface area contributed by atoms with Gasteiger partial charge >= 0.3 is 0 Å². The first-order valence-electron chi connectivity index (χ1n) is 7.25. The molecule has 1 heterocycles. The van der Waals surface area contributed by atoms with E-state index in [0.717, 1.165) is 25.1 Å². The van der Waals surface area contributed by atoms with Gasteiger partial charge in [0.25, 0.3) is 0 Å². The number of nitrogens with one attached hydrogen (secondary N) is 1. The van der Waals surface area contributed by atoms with E-state index in [9.17, 15) is 0 Å². The molecule has 1 unspecified atom stereocenters. The van der Waals surface area contributed by atoms with Crippen molar-refractivity contribution in [2.24, 2.45) is 5.41 Å². The summed E-state index contributed by atoms with van der Waals surface area (Å²) in [6.07, 6.45) is 2.45. The lowest BCUT2D eigenvalue weighted by atomic mass is 9.82. The first-order valence-corrected chi connectivity index (χ1v) is 7.25. The maximum absolute atomic E-state index is 5.97.